The molecule has 3 rings (SSSR count). The molecular formula is C29H35ClN2O4S. The fourth-order valence-electron chi connectivity index (χ4n) is 4.36. The molecule has 0 fully saturated rings. The molecule has 1 amide bonds. The number of nitrogens with zero attached hydrogens (tertiary/aromatic N) is 1. The molecule has 3 aromatic carbocycles. The van der Waals surface area contributed by atoms with Crippen molar-refractivity contribution in [2.75, 3.05) is 19.0 Å². The number of sulfone groups is 1. The fourth-order valence-corrected chi connectivity index (χ4v) is 5.74. The average molecular weight is 543 g/mol. The van der Waals surface area contributed by atoms with Gasteiger partial charge in [0.05, 0.1) is 16.9 Å². The first kappa shape index (κ1) is 28.7. The molecule has 3 aromatic rings. The number of nitrogens with one attached hydrogen (secondary N) is 1. The van der Waals surface area contributed by atoms with E-state index in [1.807, 2.05) is 12.1 Å². The Labute approximate surface area is 225 Å². The minimum absolute atomic E-state index is 0.106. The van der Waals surface area contributed by atoms with Crippen LogP contribution < -0.4 is 10.1 Å². The average Bonchev–Trinajstić information content (AvgIpc) is 2.86. The molecule has 6 nitrogen and oxygen atoms in total. The Morgan fingerprint density at radius 2 is 1.49 bits per heavy atom. The number of amides is 1. The number of aryl methyl sites for hydroxylation is 1. The van der Waals surface area contributed by atoms with E-state index in [0.717, 1.165) is 30.7 Å². The summed E-state index contributed by atoms with van der Waals surface area (Å²) in [4.78, 5) is 15.6. The zero-order chi connectivity index (χ0) is 27.2. The number of hydrogen-bond donors (Lipinski definition) is 1. The van der Waals surface area contributed by atoms with Crippen molar-refractivity contribution in [1.29, 1.82) is 0 Å². The smallest absolute Gasteiger partial charge is 0.255 e. The van der Waals surface area contributed by atoms with Gasteiger partial charge in [-0.1, -0.05) is 11.6 Å². The molecule has 0 radical (unpaired) electrons. The number of rotatable bonds is 11. The van der Waals surface area contributed by atoms with Gasteiger partial charge in [0.2, 0.25) is 9.84 Å². The highest BCUT2D eigenvalue weighted by Gasteiger charge is 2.19. The summed E-state index contributed by atoms with van der Waals surface area (Å²) in [6.45, 7) is 9.79. The van der Waals surface area contributed by atoms with Crippen molar-refractivity contribution in [2.24, 2.45) is 0 Å². The first-order valence-electron chi connectivity index (χ1n) is 12.4. The summed E-state index contributed by atoms with van der Waals surface area (Å²) >= 11 is 5.87. The van der Waals surface area contributed by atoms with Crippen LogP contribution in [0, 0.1) is 0 Å². The quantitative estimate of drug-likeness (QED) is 0.300. The Kier molecular flexibility index (Phi) is 9.76. The van der Waals surface area contributed by atoms with E-state index in [4.69, 9.17) is 16.3 Å². The topological polar surface area (TPSA) is 75.7 Å². The number of carbonyl (C=O) groups is 1. The van der Waals surface area contributed by atoms with Gasteiger partial charge < -0.3 is 10.1 Å². The van der Waals surface area contributed by atoms with Crippen molar-refractivity contribution in [2.45, 2.75) is 62.4 Å². The SMILES string of the molecule is COc1ccc(NC(=O)c2ccc(S(=O)(=O)c3ccc(Cl)cc3)cc2)cc1CCCN(C(C)C)C(C)C. The third-order valence-corrected chi connectivity index (χ3v) is 8.32. The van der Waals surface area contributed by atoms with E-state index in [0.29, 0.717) is 28.4 Å². The largest absolute Gasteiger partial charge is 0.496 e. The lowest BCUT2D eigenvalue weighted by Gasteiger charge is -2.30. The molecule has 0 atom stereocenters. The Morgan fingerprint density at radius 1 is 0.919 bits per heavy atom. The van der Waals surface area contributed by atoms with Crippen molar-refractivity contribution in [3.63, 3.8) is 0 Å². The molecule has 0 aliphatic rings. The molecule has 0 bridgehead atoms. The second-order valence-electron chi connectivity index (χ2n) is 9.49. The van der Waals surface area contributed by atoms with E-state index in [9.17, 15) is 13.2 Å². The molecule has 8 heteroatoms. The van der Waals surface area contributed by atoms with E-state index in [1.165, 1.54) is 48.5 Å². The van der Waals surface area contributed by atoms with Gasteiger partial charge in [0, 0.05) is 28.4 Å². The van der Waals surface area contributed by atoms with Crippen molar-refractivity contribution in [3.05, 3.63) is 82.9 Å². The monoisotopic (exact) mass is 542 g/mol. The van der Waals surface area contributed by atoms with Crippen LogP contribution >= 0.6 is 11.6 Å². The Morgan fingerprint density at radius 3 is 2.03 bits per heavy atom. The normalized spacial score (nSPS) is 11.8. The molecule has 198 valence electrons. The summed E-state index contributed by atoms with van der Waals surface area (Å²) in [6.07, 6.45) is 1.79. The molecule has 37 heavy (non-hydrogen) atoms. The van der Waals surface area contributed by atoms with Gasteiger partial charge in [0.1, 0.15) is 5.75 Å². The fraction of sp³-hybridized carbons (Fsp3) is 0.345. The molecule has 0 saturated carbocycles. The van der Waals surface area contributed by atoms with E-state index < -0.39 is 9.84 Å². The van der Waals surface area contributed by atoms with E-state index >= 15 is 0 Å². The number of hydrogen-bond acceptors (Lipinski definition) is 5. The first-order chi connectivity index (χ1) is 17.5. The second-order valence-corrected chi connectivity index (χ2v) is 11.9. The Balaban J connectivity index is 1.70. The van der Waals surface area contributed by atoms with Crippen LogP contribution in [0.15, 0.2) is 76.5 Å². The summed E-state index contributed by atoms with van der Waals surface area (Å²) in [7, 11) is -2.06. The predicted molar refractivity (Wildman–Crippen MR) is 150 cm³/mol. The minimum atomic E-state index is -3.70. The Bertz CT molecular complexity index is 1300. The van der Waals surface area contributed by atoms with Crippen molar-refractivity contribution in [1.82, 2.24) is 4.90 Å². The summed E-state index contributed by atoms with van der Waals surface area (Å²) in [5.41, 5.74) is 2.04. The maximum atomic E-state index is 12.9. The molecule has 0 heterocycles. The van der Waals surface area contributed by atoms with Crippen LogP contribution in [0.1, 0.15) is 50.0 Å². The number of ether oxygens (including phenoxy) is 1. The van der Waals surface area contributed by atoms with Crippen LogP contribution in [-0.4, -0.2) is 45.0 Å². The minimum Gasteiger partial charge on any atom is -0.496 e. The number of methoxy groups -OCH3 is 1. The number of benzene rings is 3. The lowest BCUT2D eigenvalue weighted by Crippen LogP contribution is -2.37. The van der Waals surface area contributed by atoms with Crippen molar-refractivity contribution < 1.29 is 17.9 Å². The zero-order valence-corrected chi connectivity index (χ0v) is 23.6. The molecule has 0 unspecified atom stereocenters. The lowest BCUT2D eigenvalue weighted by molar-refractivity contribution is 0.102. The molecule has 0 aliphatic carbocycles. The highest BCUT2D eigenvalue weighted by atomic mass is 35.5. The molecule has 0 aromatic heterocycles. The summed E-state index contributed by atoms with van der Waals surface area (Å²) in [5.74, 6) is 0.466. The van der Waals surface area contributed by atoms with Gasteiger partial charge in [0.15, 0.2) is 0 Å². The summed E-state index contributed by atoms with van der Waals surface area (Å²) in [5, 5.41) is 3.37. The number of carbonyl (C=O) groups excluding carboxylic acids is 1. The first-order valence-corrected chi connectivity index (χ1v) is 14.2. The van der Waals surface area contributed by atoms with E-state index in [1.54, 1.807) is 13.2 Å². The van der Waals surface area contributed by atoms with Gasteiger partial charge in [-0.05, 0) is 119 Å². The van der Waals surface area contributed by atoms with Crippen LogP contribution in [0.2, 0.25) is 5.02 Å². The van der Waals surface area contributed by atoms with Gasteiger partial charge in [-0.2, -0.15) is 0 Å². The summed E-state index contributed by atoms with van der Waals surface area (Å²) < 4.78 is 31.3. The number of anilines is 1. The lowest BCUT2D eigenvalue weighted by atomic mass is 10.1. The molecule has 0 saturated heterocycles. The van der Waals surface area contributed by atoms with Crippen LogP contribution in [0.25, 0.3) is 0 Å². The van der Waals surface area contributed by atoms with Gasteiger partial charge in [-0.25, -0.2) is 8.42 Å². The molecule has 1 N–H and O–H groups in total. The van der Waals surface area contributed by atoms with Crippen LogP contribution in [0.3, 0.4) is 0 Å². The third kappa shape index (κ3) is 7.34. The zero-order valence-electron chi connectivity index (χ0n) is 22.0. The van der Waals surface area contributed by atoms with Gasteiger partial charge in [0.25, 0.3) is 5.91 Å². The van der Waals surface area contributed by atoms with E-state index in [-0.39, 0.29) is 15.7 Å². The summed E-state index contributed by atoms with van der Waals surface area (Å²) in [6, 6.07) is 18.4. The predicted octanol–water partition coefficient (Wildman–Crippen LogP) is 6.49. The van der Waals surface area contributed by atoms with Crippen molar-refractivity contribution >= 4 is 33.0 Å². The van der Waals surface area contributed by atoms with Crippen LogP contribution in [0.4, 0.5) is 5.69 Å². The molecular weight excluding hydrogens is 508 g/mol. The van der Waals surface area contributed by atoms with Gasteiger partial charge >= 0.3 is 0 Å². The van der Waals surface area contributed by atoms with Gasteiger partial charge in [-0.3, -0.25) is 9.69 Å². The Hall–Kier alpha value is -2.87. The molecule has 0 spiro atoms. The maximum Gasteiger partial charge on any atom is 0.255 e. The van der Waals surface area contributed by atoms with Crippen LogP contribution in [0.5, 0.6) is 5.75 Å². The van der Waals surface area contributed by atoms with E-state index in [2.05, 4.69) is 37.9 Å². The standard InChI is InChI=1S/C29H35ClN2O4S/c1-20(2)32(21(3)4)18-6-7-23-19-25(12-17-28(23)36-5)31-29(33)22-8-13-26(14-9-22)37(34,35)27-15-10-24(30)11-16-27/h8-17,19-21H,6-7,18H2,1-5H3,(H,31,33). The highest BCUT2D eigenvalue weighted by Crippen LogP contribution is 2.26. The third-order valence-electron chi connectivity index (χ3n) is 6.28. The van der Waals surface area contributed by atoms with Crippen molar-refractivity contribution in [3.8, 4) is 5.75 Å². The molecule has 0 aliphatic heterocycles. The maximum absolute atomic E-state index is 12.9. The second kappa shape index (κ2) is 12.6. The van der Waals surface area contributed by atoms with Crippen LogP contribution in [-0.2, 0) is 16.3 Å². The number of halogens is 1. The van der Waals surface area contributed by atoms with Gasteiger partial charge in [-0.15, -0.1) is 0 Å². The highest BCUT2D eigenvalue weighted by molar-refractivity contribution is 7.91.